The van der Waals surface area contributed by atoms with Crippen LogP contribution < -0.4 is 0 Å². The first kappa shape index (κ1) is 18.0. The highest BCUT2D eigenvalue weighted by Gasteiger charge is 2.50. The molecule has 1 amide bonds. The number of carbonyl (C=O) groups is 1. The lowest BCUT2D eigenvalue weighted by molar-refractivity contribution is -0.151. The van der Waals surface area contributed by atoms with Gasteiger partial charge >= 0.3 is 0 Å². The van der Waals surface area contributed by atoms with Crippen molar-refractivity contribution in [3.63, 3.8) is 0 Å². The van der Waals surface area contributed by atoms with Gasteiger partial charge in [0, 0.05) is 19.6 Å². The molecule has 1 aromatic carbocycles. The van der Waals surface area contributed by atoms with Crippen LogP contribution in [0.3, 0.4) is 0 Å². The van der Waals surface area contributed by atoms with Gasteiger partial charge in [-0.1, -0.05) is 49.6 Å². The maximum atomic E-state index is 13.7. The standard InChI is InChI=1S/C21H30N2O3/c24-19(20(9-5-2-6-10-20)23-13-15-26-16-14-23)22-12-11-21(25,17-22)18-7-3-1-4-8-18/h1,3-4,7-8,25H,2,5-6,9-17H2. The average molecular weight is 358 g/mol. The smallest absolute Gasteiger partial charge is 0.243 e. The van der Waals surface area contributed by atoms with Crippen LogP contribution in [0.25, 0.3) is 0 Å². The first-order chi connectivity index (χ1) is 12.6. The molecule has 1 aliphatic carbocycles. The summed E-state index contributed by atoms with van der Waals surface area (Å²) in [6.45, 7) is 4.13. The van der Waals surface area contributed by atoms with E-state index in [2.05, 4.69) is 4.90 Å². The Morgan fingerprint density at radius 3 is 2.35 bits per heavy atom. The molecule has 1 saturated carbocycles. The highest BCUT2D eigenvalue weighted by Crippen LogP contribution is 2.39. The van der Waals surface area contributed by atoms with Crippen molar-refractivity contribution in [2.45, 2.75) is 49.7 Å². The zero-order valence-corrected chi connectivity index (χ0v) is 15.5. The highest BCUT2D eigenvalue weighted by molar-refractivity contribution is 5.87. The number of carbonyl (C=O) groups excluding carboxylic acids is 1. The van der Waals surface area contributed by atoms with E-state index < -0.39 is 5.60 Å². The van der Waals surface area contributed by atoms with Crippen LogP contribution in [0.5, 0.6) is 0 Å². The molecule has 1 atom stereocenters. The molecule has 4 rings (SSSR count). The van der Waals surface area contributed by atoms with Crippen molar-refractivity contribution in [2.24, 2.45) is 0 Å². The minimum Gasteiger partial charge on any atom is -0.383 e. The molecule has 1 unspecified atom stereocenters. The lowest BCUT2D eigenvalue weighted by atomic mass is 9.78. The average Bonchev–Trinajstić information content (AvgIpc) is 3.13. The third-order valence-electron chi connectivity index (χ3n) is 6.54. The second-order valence-electron chi connectivity index (χ2n) is 8.07. The van der Waals surface area contributed by atoms with Crippen LogP contribution in [0.2, 0.25) is 0 Å². The summed E-state index contributed by atoms with van der Waals surface area (Å²) in [6, 6.07) is 9.79. The third-order valence-corrected chi connectivity index (χ3v) is 6.54. The van der Waals surface area contributed by atoms with E-state index in [1.165, 1.54) is 6.42 Å². The highest BCUT2D eigenvalue weighted by atomic mass is 16.5. The lowest BCUT2D eigenvalue weighted by Crippen LogP contribution is -2.62. The number of hydrogen-bond acceptors (Lipinski definition) is 4. The van der Waals surface area contributed by atoms with Crippen LogP contribution in [-0.2, 0) is 15.1 Å². The van der Waals surface area contributed by atoms with E-state index >= 15 is 0 Å². The first-order valence-electron chi connectivity index (χ1n) is 10.0. The number of likely N-dealkylation sites (tertiary alicyclic amines) is 1. The van der Waals surface area contributed by atoms with Gasteiger partial charge in [-0.2, -0.15) is 0 Å². The van der Waals surface area contributed by atoms with Crippen molar-refractivity contribution in [2.75, 3.05) is 39.4 Å². The van der Waals surface area contributed by atoms with Gasteiger partial charge in [0.05, 0.1) is 19.8 Å². The van der Waals surface area contributed by atoms with Gasteiger partial charge in [0.25, 0.3) is 0 Å². The number of benzene rings is 1. The van der Waals surface area contributed by atoms with Crippen LogP contribution in [-0.4, -0.2) is 65.7 Å². The van der Waals surface area contributed by atoms with Crippen molar-refractivity contribution in [3.8, 4) is 0 Å². The Balaban J connectivity index is 1.55. The van der Waals surface area contributed by atoms with E-state index in [0.717, 1.165) is 44.3 Å². The summed E-state index contributed by atoms with van der Waals surface area (Å²) in [6.07, 6.45) is 5.92. The number of hydrogen-bond donors (Lipinski definition) is 1. The predicted molar refractivity (Wildman–Crippen MR) is 99.7 cm³/mol. The Labute approximate surface area is 155 Å². The number of β-amino-alcohol motifs (C(OH)–C–C–N with tert-alkyl or cyclic N) is 1. The third kappa shape index (κ3) is 3.17. The molecule has 0 spiro atoms. The maximum absolute atomic E-state index is 13.7. The lowest BCUT2D eigenvalue weighted by Gasteiger charge is -2.48. The van der Waals surface area contributed by atoms with E-state index in [1.807, 2.05) is 35.2 Å². The molecule has 142 valence electrons. The molecule has 0 radical (unpaired) electrons. The minimum atomic E-state index is -0.919. The number of amides is 1. The number of nitrogens with zero attached hydrogens (tertiary/aromatic N) is 2. The summed E-state index contributed by atoms with van der Waals surface area (Å²) in [5.41, 5.74) is -0.388. The molecule has 26 heavy (non-hydrogen) atoms. The molecule has 1 N–H and O–H groups in total. The molecule has 0 aromatic heterocycles. The molecule has 3 aliphatic rings. The molecule has 2 saturated heterocycles. The quantitative estimate of drug-likeness (QED) is 0.899. The van der Waals surface area contributed by atoms with Crippen LogP contribution in [0.15, 0.2) is 30.3 Å². The Morgan fingerprint density at radius 2 is 1.65 bits per heavy atom. The Morgan fingerprint density at radius 1 is 0.962 bits per heavy atom. The van der Waals surface area contributed by atoms with Crippen molar-refractivity contribution in [3.05, 3.63) is 35.9 Å². The van der Waals surface area contributed by atoms with Gasteiger partial charge in [-0.05, 0) is 24.8 Å². The Bertz CT molecular complexity index is 623. The molecular weight excluding hydrogens is 328 g/mol. The van der Waals surface area contributed by atoms with Gasteiger partial charge < -0.3 is 14.7 Å². The molecule has 2 heterocycles. The molecular formula is C21H30N2O3. The van der Waals surface area contributed by atoms with Crippen LogP contribution in [0, 0.1) is 0 Å². The fourth-order valence-electron chi connectivity index (χ4n) is 5.04. The molecule has 5 nitrogen and oxygen atoms in total. The number of aliphatic hydroxyl groups is 1. The SMILES string of the molecule is O=C(N1CCC(O)(c2ccccc2)C1)C1(N2CCOCC2)CCCCC1. The van der Waals surface area contributed by atoms with E-state index in [9.17, 15) is 9.90 Å². The summed E-state index contributed by atoms with van der Waals surface area (Å²) in [5.74, 6) is 0.228. The molecule has 0 bridgehead atoms. The van der Waals surface area contributed by atoms with Gasteiger partial charge in [0.15, 0.2) is 0 Å². The topological polar surface area (TPSA) is 53.0 Å². The fraction of sp³-hybridized carbons (Fsp3) is 0.667. The van der Waals surface area contributed by atoms with Crippen molar-refractivity contribution in [1.29, 1.82) is 0 Å². The molecule has 3 fully saturated rings. The second kappa shape index (κ2) is 7.29. The van der Waals surface area contributed by atoms with Crippen LogP contribution in [0.4, 0.5) is 0 Å². The number of morpholine rings is 1. The summed E-state index contributed by atoms with van der Waals surface area (Å²) in [5, 5.41) is 11.1. The fourth-order valence-corrected chi connectivity index (χ4v) is 5.04. The minimum absolute atomic E-state index is 0.228. The molecule has 1 aromatic rings. The summed E-state index contributed by atoms with van der Waals surface area (Å²) in [7, 11) is 0. The van der Waals surface area contributed by atoms with E-state index in [4.69, 9.17) is 4.74 Å². The van der Waals surface area contributed by atoms with Gasteiger partial charge in [-0.15, -0.1) is 0 Å². The Kier molecular flexibility index (Phi) is 5.04. The number of ether oxygens (including phenoxy) is 1. The van der Waals surface area contributed by atoms with Crippen molar-refractivity contribution < 1.29 is 14.6 Å². The largest absolute Gasteiger partial charge is 0.383 e. The van der Waals surface area contributed by atoms with E-state index in [-0.39, 0.29) is 11.4 Å². The maximum Gasteiger partial charge on any atom is 0.243 e. The van der Waals surface area contributed by atoms with Crippen LogP contribution in [0.1, 0.15) is 44.1 Å². The van der Waals surface area contributed by atoms with E-state index in [1.54, 1.807) is 0 Å². The zero-order chi connectivity index (χ0) is 18.0. The van der Waals surface area contributed by atoms with Gasteiger partial charge in [-0.25, -0.2) is 0 Å². The number of rotatable bonds is 3. The summed E-state index contributed by atoms with van der Waals surface area (Å²) >= 11 is 0. The molecule has 5 heteroatoms. The van der Waals surface area contributed by atoms with Gasteiger partial charge in [0.1, 0.15) is 11.1 Å². The predicted octanol–water partition coefficient (Wildman–Crippen LogP) is 2.14. The Hall–Kier alpha value is -1.43. The zero-order valence-electron chi connectivity index (χ0n) is 15.5. The molecule has 2 aliphatic heterocycles. The van der Waals surface area contributed by atoms with Crippen molar-refractivity contribution in [1.82, 2.24) is 9.80 Å². The summed E-state index contributed by atoms with van der Waals surface area (Å²) < 4.78 is 5.53. The van der Waals surface area contributed by atoms with Crippen LogP contribution >= 0.6 is 0 Å². The first-order valence-corrected chi connectivity index (χ1v) is 10.0. The monoisotopic (exact) mass is 358 g/mol. The van der Waals surface area contributed by atoms with E-state index in [0.29, 0.717) is 32.7 Å². The van der Waals surface area contributed by atoms with Crippen molar-refractivity contribution >= 4 is 5.91 Å². The van der Waals surface area contributed by atoms with Gasteiger partial charge in [-0.3, -0.25) is 9.69 Å². The second-order valence-corrected chi connectivity index (χ2v) is 8.07. The summed E-state index contributed by atoms with van der Waals surface area (Å²) in [4.78, 5) is 18.0. The van der Waals surface area contributed by atoms with Gasteiger partial charge in [0.2, 0.25) is 5.91 Å². The normalized spacial score (nSPS) is 29.7.